The zero-order chi connectivity index (χ0) is 14.8. The maximum atomic E-state index is 12.3. The molecule has 0 bridgehead atoms. The summed E-state index contributed by atoms with van der Waals surface area (Å²) < 4.78 is 27.2. The van der Waals surface area contributed by atoms with Crippen molar-refractivity contribution in [1.82, 2.24) is 0 Å². The van der Waals surface area contributed by atoms with E-state index < -0.39 is 10.0 Å². The van der Waals surface area contributed by atoms with E-state index in [-0.39, 0.29) is 10.9 Å². The number of sulfonamides is 1. The monoisotopic (exact) mass is 290 g/mol. The number of hydrogen-bond donors (Lipinski definition) is 2. The first-order valence-corrected chi connectivity index (χ1v) is 7.82. The van der Waals surface area contributed by atoms with E-state index in [1.165, 1.54) is 0 Å². The molecule has 0 aliphatic carbocycles. The summed E-state index contributed by atoms with van der Waals surface area (Å²) in [6.07, 6.45) is 0. The number of rotatable bonds is 4. The number of nitrogens with one attached hydrogen (secondary N) is 1. The van der Waals surface area contributed by atoms with Crippen LogP contribution in [0.1, 0.15) is 24.1 Å². The van der Waals surface area contributed by atoms with Crippen molar-refractivity contribution in [2.75, 3.05) is 4.72 Å². The minimum Gasteiger partial charge on any atom is -0.324 e. The lowest BCUT2D eigenvalue weighted by atomic mass is 10.1. The molecule has 0 saturated heterocycles. The molecule has 20 heavy (non-hydrogen) atoms. The average Bonchev–Trinajstić information content (AvgIpc) is 2.39. The molecule has 2 aromatic rings. The molecule has 0 saturated carbocycles. The molecule has 5 heteroatoms. The minimum atomic E-state index is -3.56. The van der Waals surface area contributed by atoms with Gasteiger partial charge in [-0.3, -0.25) is 4.72 Å². The van der Waals surface area contributed by atoms with Crippen LogP contribution in [0.5, 0.6) is 0 Å². The molecule has 1 unspecified atom stereocenters. The number of aryl methyl sites for hydroxylation is 1. The smallest absolute Gasteiger partial charge is 0.262 e. The second-order valence-electron chi connectivity index (χ2n) is 4.78. The number of hydrogen-bond acceptors (Lipinski definition) is 3. The molecule has 0 radical (unpaired) electrons. The van der Waals surface area contributed by atoms with Gasteiger partial charge >= 0.3 is 0 Å². The fourth-order valence-electron chi connectivity index (χ4n) is 1.92. The normalized spacial score (nSPS) is 12.9. The van der Waals surface area contributed by atoms with Gasteiger partial charge in [0.15, 0.2) is 0 Å². The molecule has 1 atom stereocenters. The molecule has 106 valence electrons. The van der Waals surface area contributed by atoms with Gasteiger partial charge in [0.1, 0.15) is 0 Å². The van der Waals surface area contributed by atoms with Crippen LogP contribution in [-0.4, -0.2) is 8.42 Å². The van der Waals surface area contributed by atoms with Gasteiger partial charge in [0, 0.05) is 11.7 Å². The fraction of sp³-hybridized carbons (Fsp3) is 0.200. The lowest BCUT2D eigenvalue weighted by Gasteiger charge is -2.11. The molecule has 0 aromatic heterocycles. The van der Waals surface area contributed by atoms with Gasteiger partial charge in [-0.25, -0.2) is 8.42 Å². The van der Waals surface area contributed by atoms with E-state index in [9.17, 15) is 8.42 Å². The molecule has 0 amide bonds. The van der Waals surface area contributed by atoms with Crippen molar-refractivity contribution in [3.8, 4) is 0 Å². The summed E-state index contributed by atoms with van der Waals surface area (Å²) in [6.45, 7) is 3.65. The van der Waals surface area contributed by atoms with Gasteiger partial charge in [-0.05, 0) is 43.2 Å². The summed E-state index contributed by atoms with van der Waals surface area (Å²) in [5, 5.41) is 0. The Morgan fingerprint density at radius 2 is 1.65 bits per heavy atom. The van der Waals surface area contributed by atoms with Gasteiger partial charge in [-0.2, -0.15) is 0 Å². The Morgan fingerprint density at radius 1 is 1.05 bits per heavy atom. The van der Waals surface area contributed by atoms with Crippen LogP contribution in [0.3, 0.4) is 0 Å². The Morgan fingerprint density at radius 3 is 2.20 bits per heavy atom. The van der Waals surface area contributed by atoms with Crippen molar-refractivity contribution in [1.29, 1.82) is 0 Å². The molecular weight excluding hydrogens is 272 g/mol. The van der Waals surface area contributed by atoms with Crippen molar-refractivity contribution >= 4 is 15.7 Å². The largest absolute Gasteiger partial charge is 0.324 e. The number of anilines is 1. The molecule has 2 aromatic carbocycles. The summed E-state index contributed by atoms with van der Waals surface area (Å²) in [6, 6.07) is 13.9. The molecular formula is C15H18N2O2S. The third kappa shape index (κ3) is 3.18. The Kier molecular flexibility index (Phi) is 4.11. The van der Waals surface area contributed by atoms with Gasteiger partial charge < -0.3 is 5.73 Å². The average molecular weight is 290 g/mol. The first-order chi connectivity index (χ1) is 9.40. The second-order valence-corrected chi connectivity index (χ2v) is 6.43. The molecule has 0 aliphatic heterocycles. The first kappa shape index (κ1) is 14.6. The maximum absolute atomic E-state index is 12.3. The van der Waals surface area contributed by atoms with Gasteiger partial charge in [0.25, 0.3) is 10.0 Å². The van der Waals surface area contributed by atoms with Crippen molar-refractivity contribution in [3.63, 3.8) is 0 Å². The highest BCUT2D eigenvalue weighted by atomic mass is 32.2. The maximum Gasteiger partial charge on any atom is 0.262 e. The van der Waals surface area contributed by atoms with Gasteiger partial charge in [-0.15, -0.1) is 0 Å². The van der Waals surface area contributed by atoms with Gasteiger partial charge in [0.05, 0.1) is 4.90 Å². The third-order valence-corrected chi connectivity index (χ3v) is 4.61. The van der Waals surface area contributed by atoms with Gasteiger partial charge in [0.2, 0.25) is 0 Å². The fourth-order valence-corrected chi connectivity index (χ4v) is 3.23. The zero-order valence-corrected chi connectivity index (χ0v) is 12.3. The topological polar surface area (TPSA) is 72.2 Å². The highest BCUT2D eigenvalue weighted by Gasteiger charge is 2.16. The van der Waals surface area contributed by atoms with Crippen LogP contribution in [-0.2, 0) is 10.0 Å². The van der Waals surface area contributed by atoms with E-state index in [1.54, 1.807) is 37.3 Å². The summed E-state index contributed by atoms with van der Waals surface area (Å²) in [5.74, 6) is 0. The van der Waals surface area contributed by atoms with Crippen LogP contribution < -0.4 is 10.5 Å². The van der Waals surface area contributed by atoms with Crippen LogP contribution in [0.25, 0.3) is 0 Å². The second kappa shape index (κ2) is 5.64. The quantitative estimate of drug-likeness (QED) is 0.909. The van der Waals surface area contributed by atoms with E-state index in [4.69, 9.17) is 5.73 Å². The number of nitrogens with two attached hydrogens (primary N) is 1. The van der Waals surface area contributed by atoms with Crippen LogP contribution >= 0.6 is 0 Å². The minimum absolute atomic E-state index is 0.0722. The molecule has 0 heterocycles. The van der Waals surface area contributed by atoms with Crippen LogP contribution in [0.15, 0.2) is 53.4 Å². The van der Waals surface area contributed by atoms with Crippen molar-refractivity contribution in [2.45, 2.75) is 24.8 Å². The Labute approximate surface area is 119 Å². The highest BCUT2D eigenvalue weighted by molar-refractivity contribution is 7.92. The van der Waals surface area contributed by atoms with Crippen LogP contribution in [0.2, 0.25) is 0 Å². The third-order valence-electron chi connectivity index (χ3n) is 3.07. The van der Waals surface area contributed by atoms with E-state index in [2.05, 4.69) is 4.72 Å². The van der Waals surface area contributed by atoms with Crippen molar-refractivity contribution in [2.24, 2.45) is 5.73 Å². The Bertz CT molecular complexity index is 692. The van der Waals surface area contributed by atoms with Crippen LogP contribution in [0.4, 0.5) is 5.69 Å². The first-order valence-electron chi connectivity index (χ1n) is 6.34. The predicted octanol–water partition coefficient (Wildman–Crippen LogP) is 2.82. The van der Waals surface area contributed by atoms with Crippen LogP contribution in [0, 0.1) is 6.92 Å². The summed E-state index contributed by atoms with van der Waals surface area (Å²) in [4.78, 5) is 0.288. The molecule has 0 aliphatic rings. The highest BCUT2D eigenvalue weighted by Crippen LogP contribution is 2.20. The van der Waals surface area contributed by atoms with E-state index in [0.717, 1.165) is 5.56 Å². The lowest BCUT2D eigenvalue weighted by Crippen LogP contribution is -2.14. The van der Waals surface area contributed by atoms with Gasteiger partial charge in [-0.1, -0.05) is 30.3 Å². The van der Waals surface area contributed by atoms with Crippen molar-refractivity contribution in [3.05, 3.63) is 59.7 Å². The molecule has 0 fully saturated rings. The number of benzene rings is 2. The van der Waals surface area contributed by atoms with E-state index >= 15 is 0 Å². The van der Waals surface area contributed by atoms with E-state index in [0.29, 0.717) is 11.3 Å². The Hall–Kier alpha value is -1.85. The molecule has 3 N–H and O–H groups in total. The lowest BCUT2D eigenvalue weighted by molar-refractivity contribution is 0.600. The SMILES string of the molecule is Cc1ccccc1S(=O)(=O)Nc1ccc(C(C)N)cc1. The Balaban J connectivity index is 2.27. The summed E-state index contributed by atoms with van der Waals surface area (Å²) in [7, 11) is -3.56. The molecule has 4 nitrogen and oxygen atoms in total. The summed E-state index contributed by atoms with van der Waals surface area (Å²) >= 11 is 0. The van der Waals surface area contributed by atoms with Crippen molar-refractivity contribution < 1.29 is 8.42 Å². The molecule has 0 spiro atoms. The van der Waals surface area contributed by atoms with E-state index in [1.807, 2.05) is 25.1 Å². The molecule has 2 rings (SSSR count). The standard InChI is InChI=1S/C15H18N2O2S/c1-11-5-3-4-6-15(11)20(18,19)17-14-9-7-13(8-10-14)12(2)16/h3-10,12,17H,16H2,1-2H3. The zero-order valence-electron chi connectivity index (χ0n) is 11.5. The predicted molar refractivity (Wildman–Crippen MR) is 81.0 cm³/mol. The summed E-state index contributed by atoms with van der Waals surface area (Å²) in [5.41, 5.74) is 7.97.